The molecule has 0 fully saturated rings. The fourth-order valence-corrected chi connectivity index (χ4v) is 1.66. The van der Waals surface area contributed by atoms with Crippen LogP contribution in [0.5, 0.6) is 5.75 Å². The SMILES string of the molecule is O=C(NN=Cc1ccc(Br)cc1)c1ccc(O)cc1. The molecule has 5 heteroatoms. The average Bonchev–Trinajstić information content (AvgIpc) is 2.41. The second-order valence-corrected chi connectivity index (χ2v) is 4.71. The van der Waals surface area contributed by atoms with Gasteiger partial charge in [-0.05, 0) is 42.0 Å². The molecule has 2 rings (SSSR count). The molecule has 2 N–H and O–H groups in total. The largest absolute Gasteiger partial charge is 0.508 e. The third kappa shape index (κ3) is 3.93. The molecule has 0 aromatic heterocycles. The highest BCUT2D eigenvalue weighted by molar-refractivity contribution is 9.10. The van der Waals surface area contributed by atoms with Crippen LogP contribution in [0.3, 0.4) is 0 Å². The number of nitrogens with zero attached hydrogens (tertiary/aromatic N) is 1. The number of rotatable bonds is 3. The van der Waals surface area contributed by atoms with Crippen molar-refractivity contribution in [1.29, 1.82) is 0 Å². The van der Waals surface area contributed by atoms with E-state index in [2.05, 4.69) is 26.5 Å². The van der Waals surface area contributed by atoms with Gasteiger partial charge in [0.05, 0.1) is 6.21 Å². The number of phenolic OH excluding ortho intramolecular Hbond substituents is 1. The number of nitrogens with one attached hydrogen (secondary N) is 1. The van der Waals surface area contributed by atoms with Crippen LogP contribution in [0.2, 0.25) is 0 Å². The normalized spacial score (nSPS) is 10.6. The van der Waals surface area contributed by atoms with E-state index in [9.17, 15) is 4.79 Å². The number of hydrogen-bond acceptors (Lipinski definition) is 3. The van der Waals surface area contributed by atoms with Gasteiger partial charge in [0.15, 0.2) is 0 Å². The molecule has 0 aliphatic heterocycles. The van der Waals surface area contributed by atoms with Crippen LogP contribution in [-0.2, 0) is 0 Å². The Morgan fingerprint density at radius 2 is 1.74 bits per heavy atom. The Bertz CT molecular complexity index is 592. The Labute approximate surface area is 118 Å². The summed E-state index contributed by atoms with van der Waals surface area (Å²) in [5, 5.41) is 13.0. The van der Waals surface area contributed by atoms with Crippen molar-refractivity contribution >= 4 is 28.1 Å². The predicted octanol–water partition coefficient (Wildman–Crippen LogP) is 2.92. The van der Waals surface area contributed by atoms with E-state index in [-0.39, 0.29) is 11.7 Å². The minimum Gasteiger partial charge on any atom is -0.508 e. The van der Waals surface area contributed by atoms with Gasteiger partial charge in [-0.15, -0.1) is 0 Å². The lowest BCUT2D eigenvalue weighted by Crippen LogP contribution is -2.17. The summed E-state index contributed by atoms with van der Waals surface area (Å²) >= 11 is 3.34. The fourth-order valence-electron chi connectivity index (χ4n) is 1.39. The molecule has 0 bridgehead atoms. The van der Waals surface area contributed by atoms with Crippen molar-refractivity contribution in [3.63, 3.8) is 0 Å². The maximum atomic E-state index is 11.7. The first-order chi connectivity index (χ1) is 9.15. The van der Waals surface area contributed by atoms with Gasteiger partial charge in [0.2, 0.25) is 0 Å². The summed E-state index contributed by atoms with van der Waals surface area (Å²) in [5.41, 5.74) is 3.74. The van der Waals surface area contributed by atoms with Crippen molar-refractivity contribution in [2.75, 3.05) is 0 Å². The lowest BCUT2D eigenvalue weighted by atomic mass is 10.2. The Hall–Kier alpha value is -2.14. The minimum absolute atomic E-state index is 0.120. The van der Waals surface area contributed by atoms with Crippen LogP contribution in [0.1, 0.15) is 15.9 Å². The molecule has 0 aliphatic rings. The second-order valence-electron chi connectivity index (χ2n) is 3.80. The third-order valence-corrected chi connectivity index (χ3v) is 2.91. The van der Waals surface area contributed by atoms with Gasteiger partial charge < -0.3 is 5.11 Å². The quantitative estimate of drug-likeness (QED) is 0.675. The van der Waals surface area contributed by atoms with Gasteiger partial charge >= 0.3 is 0 Å². The third-order valence-electron chi connectivity index (χ3n) is 2.38. The van der Waals surface area contributed by atoms with Gasteiger partial charge in [0.1, 0.15) is 5.75 Å². The molecule has 0 saturated carbocycles. The van der Waals surface area contributed by atoms with Gasteiger partial charge in [0.25, 0.3) is 5.91 Å². The Kier molecular flexibility index (Phi) is 4.30. The Balaban J connectivity index is 1.96. The van der Waals surface area contributed by atoms with Crippen LogP contribution < -0.4 is 5.43 Å². The summed E-state index contributed by atoms with van der Waals surface area (Å²) in [7, 11) is 0. The van der Waals surface area contributed by atoms with Crippen molar-refractivity contribution < 1.29 is 9.90 Å². The lowest BCUT2D eigenvalue weighted by Gasteiger charge is -1.99. The molecule has 2 aromatic carbocycles. The summed E-state index contributed by atoms with van der Waals surface area (Å²) < 4.78 is 0.984. The maximum Gasteiger partial charge on any atom is 0.271 e. The fraction of sp³-hybridized carbons (Fsp3) is 0. The van der Waals surface area contributed by atoms with Crippen LogP contribution >= 0.6 is 15.9 Å². The van der Waals surface area contributed by atoms with Crippen molar-refractivity contribution in [3.05, 3.63) is 64.1 Å². The highest BCUT2D eigenvalue weighted by atomic mass is 79.9. The molecular weight excluding hydrogens is 308 g/mol. The van der Waals surface area contributed by atoms with E-state index < -0.39 is 0 Å². The number of aromatic hydroxyl groups is 1. The van der Waals surface area contributed by atoms with E-state index in [1.165, 1.54) is 24.3 Å². The first-order valence-electron chi connectivity index (χ1n) is 5.53. The summed E-state index contributed by atoms with van der Waals surface area (Å²) in [6, 6.07) is 13.5. The molecule has 0 aliphatic carbocycles. The molecule has 1 amide bonds. The zero-order chi connectivity index (χ0) is 13.7. The average molecular weight is 319 g/mol. The van der Waals surface area contributed by atoms with E-state index in [0.29, 0.717) is 5.56 Å². The number of carbonyl (C=O) groups is 1. The zero-order valence-corrected chi connectivity index (χ0v) is 11.5. The van der Waals surface area contributed by atoms with Gasteiger partial charge in [0, 0.05) is 10.0 Å². The molecule has 4 nitrogen and oxygen atoms in total. The molecule has 0 heterocycles. The second kappa shape index (κ2) is 6.15. The number of amides is 1. The topological polar surface area (TPSA) is 61.7 Å². The van der Waals surface area contributed by atoms with Crippen LogP contribution in [0, 0.1) is 0 Å². The molecule has 19 heavy (non-hydrogen) atoms. The molecule has 96 valence electrons. The molecule has 0 spiro atoms. The zero-order valence-electron chi connectivity index (χ0n) is 9.88. The molecular formula is C14H11BrN2O2. The number of halogens is 1. The van der Waals surface area contributed by atoms with E-state index in [1.807, 2.05) is 24.3 Å². The van der Waals surface area contributed by atoms with Crippen molar-refractivity contribution in [1.82, 2.24) is 5.43 Å². The minimum atomic E-state index is -0.326. The van der Waals surface area contributed by atoms with Crippen LogP contribution in [0.15, 0.2) is 58.1 Å². The monoisotopic (exact) mass is 318 g/mol. The lowest BCUT2D eigenvalue weighted by molar-refractivity contribution is 0.0955. The summed E-state index contributed by atoms with van der Waals surface area (Å²) in [4.78, 5) is 11.7. The van der Waals surface area contributed by atoms with Crippen LogP contribution in [-0.4, -0.2) is 17.2 Å². The molecule has 2 aromatic rings. The van der Waals surface area contributed by atoms with Crippen LogP contribution in [0.25, 0.3) is 0 Å². The van der Waals surface area contributed by atoms with E-state index in [4.69, 9.17) is 5.11 Å². The number of hydrogen-bond donors (Lipinski definition) is 2. The first kappa shape index (κ1) is 13.3. The number of phenols is 1. The number of hydrazone groups is 1. The highest BCUT2D eigenvalue weighted by Crippen LogP contribution is 2.10. The summed E-state index contributed by atoms with van der Waals surface area (Å²) in [5.74, 6) is -0.205. The van der Waals surface area contributed by atoms with Crippen LogP contribution in [0.4, 0.5) is 0 Å². The Morgan fingerprint density at radius 3 is 2.37 bits per heavy atom. The van der Waals surface area contributed by atoms with Gasteiger partial charge in [-0.25, -0.2) is 5.43 Å². The smallest absolute Gasteiger partial charge is 0.271 e. The Morgan fingerprint density at radius 1 is 1.11 bits per heavy atom. The molecule has 0 saturated heterocycles. The number of benzene rings is 2. The van der Waals surface area contributed by atoms with Crippen molar-refractivity contribution in [2.45, 2.75) is 0 Å². The van der Waals surface area contributed by atoms with Crippen molar-refractivity contribution in [3.8, 4) is 5.75 Å². The summed E-state index contributed by atoms with van der Waals surface area (Å²) in [6.07, 6.45) is 1.56. The maximum absolute atomic E-state index is 11.7. The molecule has 0 atom stereocenters. The highest BCUT2D eigenvalue weighted by Gasteiger charge is 2.02. The van der Waals surface area contributed by atoms with E-state index in [1.54, 1.807) is 6.21 Å². The standard InChI is InChI=1S/C14H11BrN2O2/c15-12-5-1-10(2-6-12)9-16-17-14(19)11-3-7-13(18)8-4-11/h1-9,18H,(H,17,19). The summed E-state index contributed by atoms with van der Waals surface area (Å²) in [6.45, 7) is 0. The van der Waals surface area contributed by atoms with Crippen molar-refractivity contribution in [2.24, 2.45) is 5.10 Å². The molecule has 0 radical (unpaired) electrons. The molecule has 0 unspecified atom stereocenters. The van der Waals surface area contributed by atoms with E-state index >= 15 is 0 Å². The number of carbonyl (C=O) groups excluding carboxylic acids is 1. The van der Waals surface area contributed by atoms with Gasteiger partial charge in [-0.1, -0.05) is 28.1 Å². The van der Waals surface area contributed by atoms with Gasteiger partial charge in [-0.2, -0.15) is 5.10 Å². The predicted molar refractivity (Wildman–Crippen MR) is 77.3 cm³/mol. The first-order valence-corrected chi connectivity index (χ1v) is 6.32. The van der Waals surface area contributed by atoms with E-state index in [0.717, 1.165) is 10.0 Å². The van der Waals surface area contributed by atoms with Gasteiger partial charge in [-0.3, -0.25) is 4.79 Å².